The van der Waals surface area contributed by atoms with Gasteiger partial charge in [0.25, 0.3) is 5.91 Å². The third kappa shape index (κ3) is 4.14. The maximum absolute atomic E-state index is 13.1. The second kappa shape index (κ2) is 7.79. The molecule has 24 heavy (non-hydrogen) atoms. The number of halogens is 2. The van der Waals surface area contributed by atoms with Crippen molar-refractivity contribution >= 4 is 27.7 Å². The Morgan fingerprint density at radius 1 is 1.46 bits per heavy atom. The van der Waals surface area contributed by atoms with Crippen LogP contribution >= 0.6 is 15.9 Å². The lowest BCUT2D eigenvalue weighted by atomic mass is 10.1. The van der Waals surface area contributed by atoms with Gasteiger partial charge in [-0.15, -0.1) is 0 Å². The normalized spacial score (nSPS) is 18.9. The number of rotatable bonds is 4. The number of carbonyl (C=O) groups is 2. The van der Waals surface area contributed by atoms with Gasteiger partial charge in [-0.2, -0.15) is 0 Å². The molecule has 0 N–H and O–H groups in total. The van der Waals surface area contributed by atoms with Crippen LogP contribution in [0.4, 0.5) is 4.39 Å². The van der Waals surface area contributed by atoms with Crippen molar-refractivity contribution in [2.45, 2.75) is 26.0 Å². The molecule has 1 unspecified atom stereocenters. The summed E-state index contributed by atoms with van der Waals surface area (Å²) in [6.45, 7) is 8.40. The summed E-state index contributed by atoms with van der Waals surface area (Å²) in [6, 6.07) is 3.93. The van der Waals surface area contributed by atoms with Crippen molar-refractivity contribution in [2.24, 2.45) is 0 Å². The lowest BCUT2D eigenvalue weighted by Gasteiger charge is -2.40. The van der Waals surface area contributed by atoms with Gasteiger partial charge in [-0.1, -0.05) is 6.58 Å². The molecule has 1 heterocycles. The third-order valence-corrected chi connectivity index (χ3v) is 4.56. The quantitative estimate of drug-likeness (QED) is 0.732. The first-order valence-corrected chi connectivity index (χ1v) is 8.46. The number of amides is 2. The molecule has 0 saturated carbocycles. The van der Waals surface area contributed by atoms with Crippen molar-refractivity contribution in [1.29, 1.82) is 0 Å². The molecule has 1 aromatic rings. The number of hydrogen-bond acceptors (Lipinski definition) is 3. The number of piperazine rings is 1. The predicted octanol–water partition coefficient (Wildman–Crippen LogP) is 2.60. The van der Waals surface area contributed by atoms with E-state index in [0.717, 1.165) is 0 Å². The summed E-state index contributed by atoms with van der Waals surface area (Å²) in [4.78, 5) is 27.7. The molecule has 2 rings (SSSR count). The van der Waals surface area contributed by atoms with Crippen LogP contribution in [-0.2, 0) is 9.59 Å². The Bertz CT molecular complexity index is 653. The van der Waals surface area contributed by atoms with Crippen LogP contribution in [0.3, 0.4) is 0 Å². The van der Waals surface area contributed by atoms with E-state index < -0.39 is 6.10 Å². The van der Waals surface area contributed by atoms with Crippen LogP contribution in [0.5, 0.6) is 5.75 Å². The molecule has 2 amide bonds. The fraction of sp³-hybridized carbons (Fsp3) is 0.412. The summed E-state index contributed by atoms with van der Waals surface area (Å²) < 4.78 is 19.2. The van der Waals surface area contributed by atoms with Crippen LogP contribution in [-0.4, -0.2) is 53.4 Å². The zero-order chi connectivity index (χ0) is 17.9. The first-order valence-electron chi connectivity index (χ1n) is 7.67. The Balaban J connectivity index is 2.00. The minimum atomic E-state index is -0.712. The highest BCUT2D eigenvalue weighted by Crippen LogP contribution is 2.27. The van der Waals surface area contributed by atoms with Gasteiger partial charge in [0, 0.05) is 25.7 Å². The highest BCUT2D eigenvalue weighted by molar-refractivity contribution is 9.10. The van der Waals surface area contributed by atoms with Crippen molar-refractivity contribution in [3.8, 4) is 5.75 Å². The van der Waals surface area contributed by atoms with E-state index in [2.05, 4.69) is 22.5 Å². The van der Waals surface area contributed by atoms with Crippen molar-refractivity contribution in [1.82, 2.24) is 9.80 Å². The molecule has 2 atom stereocenters. The van der Waals surface area contributed by atoms with Crippen molar-refractivity contribution in [3.63, 3.8) is 0 Å². The number of nitrogens with zero attached hydrogens (tertiary/aromatic N) is 2. The van der Waals surface area contributed by atoms with Gasteiger partial charge in [0.05, 0.1) is 4.47 Å². The summed E-state index contributed by atoms with van der Waals surface area (Å²) in [7, 11) is 0. The van der Waals surface area contributed by atoms with Gasteiger partial charge in [0.1, 0.15) is 11.6 Å². The van der Waals surface area contributed by atoms with Crippen LogP contribution in [0.2, 0.25) is 0 Å². The molecule has 0 aliphatic carbocycles. The molecule has 0 radical (unpaired) electrons. The first-order chi connectivity index (χ1) is 11.3. The van der Waals surface area contributed by atoms with E-state index in [4.69, 9.17) is 4.74 Å². The minimum absolute atomic E-state index is 0.113. The summed E-state index contributed by atoms with van der Waals surface area (Å²) in [6.07, 6.45) is 0.568. The number of benzene rings is 1. The standard InChI is InChI=1S/C17H20BrFN2O3/c1-4-16(22)20-7-8-21(11(2)10-20)17(23)12(3)24-15-6-5-13(19)9-14(15)18/h4-6,9,11-12H,1,7-8,10H2,2-3H3/t11-,12?/m0/s1. The number of carbonyl (C=O) groups excluding carboxylic acids is 2. The van der Waals surface area contributed by atoms with Gasteiger partial charge in [-0.3, -0.25) is 9.59 Å². The van der Waals surface area contributed by atoms with Gasteiger partial charge in [0.15, 0.2) is 6.10 Å². The van der Waals surface area contributed by atoms with E-state index in [1.165, 1.54) is 24.3 Å². The summed E-state index contributed by atoms with van der Waals surface area (Å²) in [5, 5.41) is 0. The molecule has 130 valence electrons. The maximum Gasteiger partial charge on any atom is 0.263 e. The van der Waals surface area contributed by atoms with Crippen LogP contribution in [0, 0.1) is 5.82 Å². The molecule has 1 saturated heterocycles. The zero-order valence-electron chi connectivity index (χ0n) is 13.7. The molecule has 1 fully saturated rings. The first kappa shape index (κ1) is 18.4. The topological polar surface area (TPSA) is 49.9 Å². The zero-order valence-corrected chi connectivity index (χ0v) is 15.3. The maximum atomic E-state index is 13.1. The highest BCUT2D eigenvalue weighted by atomic mass is 79.9. The summed E-state index contributed by atoms with van der Waals surface area (Å²) >= 11 is 3.22. The second-order valence-electron chi connectivity index (χ2n) is 5.70. The lowest BCUT2D eigenvalue weighted by molar-refractivity contribution is -0.145. The predicted molar refractivity (Wildman–Crippen MR) is 92.1 cm³/mol. The van der Waals surface area contributed by atoms with Crippen molar-refractivity contribution in [3.05, 3.63) is 41.1 Å². The summed E-state index contributed by atoms with van der Waals surface area (Å²) in [5.74, 6) is -0.270. The average Bonchev–Trinajstić information content (AvgIpc) is 2.55. The average molecular weight is 399 g/mol. The van der Waals surface area contributed by atoms with Crippen LogP contribution in [0.1, 0.15) is 13.8 Å². The van der Waals surface area contributed by atoms with E-state index in [9.17, 15) is 14.0 Å². The van der Waals surface area contributed by atoms with Crippen molar-refractivity contribution < 1.29 is 18.7 Å². The third-order valence-electron chi connectivity index (χ3n) is 3.94. The molecule has 0 aromatic heterocycles. The molecule has 5 nitrogen and oxygen atoms in total. The molecule has 1 aromatic carbocycles. The van der Waals surface area contributed by atoms with Crippen LogP contribution < -0.4 is 4.74 Å². The molecule has 7 heteroatoms. The van der Waals surface area contributed by atoms with Gasteiger partial charge < -0.3 is 14.5 Å². The van der Waals surface area contributed by atoms with Gasteiger partial charge in [-0.05, 0) is 54.1 Å². The lowest BCUT2D eigenvalue weighted by Crippen LogP contribution is -2.57. The van der Waals surface area contributed by atoms with Gasteiger partial charge in [-0.25, -0.2) is 4.39 Å². The van der Waals surface area contributed by atoms with Gasteiger partial charge >= 0.3 is 0 Å². The second-order valence-corrected chi connectivity index (χ2v) is 6.56. The fourth-order valence-electron chi connectivity index (χ4n) is 2.66. The fourth-order valence-corrected chi connectivity index (χ4v) is 3.10. The van der Waals surface area contributed by atoms with E-state index in [-0.39, 0.29) is 23.7 Å². The summed E-state index contributed by atoms with van der Waals surface area (Å²) in [5.41, 5.74) is 0. The Kier molecular flexibility index (Phi) is 5.99. The Morgan fingerprint density at radius 2 is 2.17 bits per heavy atom. The smallest absolute Gasteiger partial charge is 0.263 e. The van der Waals surface area contributed by atoms with Crippen LogP contribution in [0.15, 0.2) is 35.3 Å². The Hall–Kier alpha value is -1.89. The van der Waals surface area contributed by atoms with Gasteiger partial charge in [0.2, 0.25) is 5.91 Å². The van der Waals surface area contributed by atoms with E-state index in [1.807, 2.05) is 6.92 Å². The van der Waals surface area contributed by atoms with E-state index >= 15 is 0 Å². The van der Waals surface area contributed by atoms with Crippen molar-refractivity contribution in [2.75, 3.05) is 19.6 Å². The largest absolute Gasteiger partial charge is 0.480 e. The number of hydrogen-bond donors (Lipinski definition) is 0. The number of ether oxygens (including phenoxy) is 1. The molecule has 0 spiro atoms. The molecule has 1 aliphatic heterocycles. The highest BCUT2D eigenvalue weighted by Gasteiger charge is 2.32. The minimum Gasteiger partial charge on any atom is -0.480 e. The van der Waals surface area contributed by atoms with Crippen LogP contribution in [0.25, 0.3) is 0 Å². The molecule has 0 bridgehead atoms. The molecular formula is C17H20BrFN2O3. The monoisotopic (exact) mass is 398 g/mol. The Morgan fingerprint density at radius 3 is 2.75 bits per heavy atom. The molecule has 1 aliphatic rings. The Labute approximate surface area is 149 Å². The van der Waals surface area contributed by atoms with E-state index in [0.29, 0.717) is 29.9 Å². The van der Waals surface area contributed by atoms with E-state index in [1.54, 1.807) is 16.7 Å². The molecular weight excluding hydrogens is 379 g/mol. The SMILES string of the molecule is C=CC(=O)N1CCN(C(=O)C(C)Oc2ccc(F)cc2Br)[C@@H](C)C1.